The normalized spacial score (nSPS) is 19.1. The lowest BCUT2D eigenvalue weighted by atomic mass is 10.0. The van der Waals surface area contributed by atoms with Crippen molar-refractivity contribution < 1.29 is 13.2 Å². The van der Waals surface area contributed by atoms with Crippen LogP contribution in [-0.4, -0.2) is 26.4 Å². The molecule has 0 aromatic heterocycles. The number of nitriles is 1. The van der Waals surface area contributed by atoms with Crippen LogP contribution >= 0.6 is 15.9 Å². The summed E-state index contributed by atoms with van der Waals surface area (Å²) in [6.45, 7) is 0.618. The Kier molecular flexibility index (Phi) is 3.76. The van der Waals surface area contributed by atoms with E-state index < -0.39 is 14.6 Å². The van der Waals surface area contributed by atoms with Crippen molar-refractivity contribution in [2.75, 3.05) is 13.2 Å². The first kappa shape index (κ1) is 13.5. The van der Waals surface area contributed by atoms with E-state index in [-0.39, 0.29) is 17.7 Å². The number of nitrogens with zero attached hydrogens (tertiary/aromatic N) is 1. The standard InChI is InChI=1S/C12H12BrNO3S/c13-10-1-3-11(4-2-10)18(15,16)12(9-14)5-7-17-8-6-12/h1-4H,5-8H2. The van der Waals surface area contributed by atoms with Gasteiger partial charge >= 0.3 is 0 Å². The maximum atomic E-state index is 12.6. The number of benzene rings is 1. The lowest BCUT2D eigenvalue weighted by Gasteiger charge is -2.30. The molecule has 0 saturated carbocycles. The first-order valence-corrected chi connectivity index (χ1v) is 7.79. The molecule has 1 heterocycles. The summed E-state index contributed by atoms with van der Waals surface area (Å²) in [7, 11) is -3.65. The van der Waals surface area contributed by atoms with Crippen molar-refractivity contribution in [1.29, 1.82) is 5.26 Å². The average molecular weight is 330 g/mol. The zero-order valence-corrected chi connectivity index (χ0v) is 12.0. The van der Waals surface area contributed by atoms with E-state index in [9.17, 15) is 13.7 Å². The van der Waals surface area contributed by atoms with Crippen LogP contribution in [0.25, 0.3) is 0 Å². The molecule has 0 aliphatic carbocycles. The van der Waals surface area contributed by atoms with Crippen molar-refractivity contribution in [2.24, 2.45) is 0 Å². The Morgan fingerprint density at radius 1 is 1.22 bits per heavy atom. The van der Waals surface area contributed by atoms with Crippen LogP contribution in [0.3, 0.4) is 0 Å². The van der Waals surface area contributed by atoms with Crippen LogP contribution in [0, 0.1) is 11.3 Å². The third-order valence-electron chi connectivity index (χ3n) is 3.14. The van der Waals surface area contributed by atoms with Crippen molar-refractivity contribution in [3.8, 4) is 6.07 Å². The minimum Gasteiger partial charge on any atom is -0.381 e. The number of sulfone groups is 1. The van der Waals surface area contributed by atoms with Crippen molar-refractivity contribution in [1.82, 2.24) is 0 Å². The van der Waals surface area contributed by atoms with Crippen LogP contribution < -0.4 is 0 Å². The van der Waals surface area contributed by atoms with E-state index in [0.29, 0.717) is 13.2 Å². The largest absolute Gasteiger partial charge is 0.381 e. The van der Waals surface area contributed by atoms with Crippen LogP contribution in [0.2, 0.25) is 0 Å². The van der Waals surface area contributed by atoms with Gasteiger partial charge in [-0.05, 0) is 24.3 Å². The summed E-state index contributed by atoms with van der Waals surface area (Å²) in [6.07, 6.45) is 0.448. The maximum Gasteiger partial charge on any atom is 0.197 e. The van der Waals surface area contributed by atoms with Gasteiger partial charge < -0.3 is 4.74 Å². The molecule has 1 aliphatic heterocycles. The highest BCUT2D eigenvalue weighted by atomic mass is 79.9. The van der Waals surface area contributed by atoms with Gasteiger partial charge in [0.05, 0.1) is 11.0 Å². The number of hydrogen-bond acceptors (Lipinski definition) is 4. The van der Waals surface area contributed by atoms with E-state index in [4.69, 9.17) is 4.74 Å². The molecule has 0 radical (unpaired) electrons. The van der Waals surface area contributed by atoms with Gasteiger partial charge in [-0.3, -0.25) is 0 Å². The summed E-state index contributed by atoms with van der Waals surface area (Å²) < 4.78 is 29.7. The topological polar surface area (TPSA) is 67.2 Å². The van der Waals surface area contributed by atoms with Crippen LogP contribution in [0.15, 0.2) is 33.6 Å². The Morgan fingerprint density at radius 3 is 2.28 bits per heavy atom. The van der Waals surface area contributed by atoms with Gasteiger partial charge in [0, 0.05) is 30.5 Å². The van der Waals surface area contributed by atoms with Crippen molar-refractivity contribution >= 4 is 25.8 Å². The van der Waals surface area contributed by atoms with Gasteiger partial charge in [-0.25, -0.2) is 8.42 Å². The van der Waals surface area contributed by atoms with Gasteiger partial charge in [0.1, 0.15) is 0 Å². The van der Waals surface area contributed by atoms with E-state index in [1.165, 1.54) is 12.1 Å². The lowest BCUT2D eigenvalue weighted by molar-refractivity contribution is 0.0863. The minimum atomic E-state index is -3.65. The number of hydrogen-bond donors (Lipinski definition) is 0. The molecule has 2 rings (SSSR count). The predicted octanol–water partition coefficient (Wildman–Crippen LogP) is 2.30. The quantitative estimate of drug-likeness (QED) is 0.834. The van der Waals surface area contributed by atoms with Crippen LogP contribution in [-0.2, 0) is 14.6 Å². The minimum absolute atomic E-state index is 0.189. The summed E-state index contributed by atoms with van der Waals surface area (Å²) in [5.74, 6) is 0. The Hall–Kier alpha value is -0.900. The molecule has 1 aliphatic rings. The molecule has 1 aromatic carbocycles. The molecule has 1 saturated heterocycles. The van der Waals surface area contributed by atoms with E-state index in [0.717, 1.165) is 4.47 Å². The van der Waals surface area contributed by atoms with Gasteiger partial charge in [-0.2, -0.15) is 5.26 Å². The van der Waals surface area contributed by atoms with Crippen LogP contribution in [0.5, 0.6) is 0 Å². The van der Waals surface area contributed by atoms with Crippen molar-refractivity contribution in [2.45, 2.75) is 22.5 Å². The second-order valence-electron chi connectivity index (χ2n) is 4.18. The molecule has 0 N–H and O–H groups in total. The Balaban J connectivity index is 2.47. The van der Waals surface area contributed by atoms with Gasteiger partial charge in [-0.1, -0.05) is 15.9 Å². The van der Waals surface area contributed by atoms with Crippen molar-refractivity contribution in [3.63, 3.8) is 0 Å². The first-order chi connectivity index (χ1) is 8.52. The first-order valence-electron chi connectivity index (χ1n) is 5.51. The fourth-order valence-electron chi connectivity index (χ4n) is 1.98. The maximum absolute atomic E-state index is 12.6. The Morgan fingerprint density at radius 2 is 1.78 bits per heavy atom. The van der Waals surface area contributed by atoms with E-state index >= 15 is 0 Å². The second kappa shape index (κ2) is 5.00. The molecule has 0 unspecified atom stereocenters. The van der Waals surface area contributed by atoms with E-state index in [1.54, 1.807) is 12.1 Å². The predicted molar refractivity (Wildman–Crippen MR) is 69.7 cm³/mol. The Bertz CT molecular complexity index is 568. The SMILES string of the molecule is N#CC1(S(=O)(=O)c2ccc(Br)cc2)CCOCC1. The molecular weight excluding hydrogens is 318 g/mol. The average Bonchev–Trinajstić information content (AvgIpc) is 2.40. The summed E-state index contributed by atoms with van der Waals surface area (Å²) in [6, 6.07) is 8.36. The van der Waals surface area contributed by atoms with Gasteiger partial charge in [0.25, 0.3) is 0 Å². The van der Waals surface area contributed by atoms with Gasteiger partial charge in [0.2, 0.25) is 0 Å². The van der Waals surface area contributed by atoms with E-state index in [2.05, 4.69) is 15.9 Å². The molecule has 18 heavy (non-hydrogen) atoms. The number of halogens is 1. The van der Waals surface area contributed by atoms with Gasteiger partial charge in [-0.15, -0.1) is 0 Å². The number of ether oxygens (including phenoxy) is 1. The molecule has 1 fully saturated rings. The van der Waals surface area contributed by atoms with Gasteiger partial charge in [0.15, 0.2) is 14.6 Å². The summed E-state index contributed by atoms with van der Waals surface area (Å²) in [4.78, 5) is 0.189. The van der Waals surface area contributed by atoms with Crippen LogP contribution in [0.1, 0.15) is 12.8 Å². The van der Waals surface area contributed by atoms with Crippen LogP contribution in [0.4, 0.5) is 0 Å². The second-order valence-corrected chi connectivity index (χ2v) is 7.35. The zero-order valence-electron chi connectivity index (χ0n) is 9.60. The molecular formula is C12H12BrNO3S. The Labute approximate surface area is 115 Å². The molecule has 4 nitrogen and oxygen atoms in total. The lowest BCUT2D eigenvalue weighted by Crippen LogP contribution is -2.42. The third kappa shape index (κ3) is 2.18. The molecule has 6 heteroatoms. The molecule has 0 atom stereocenters. The molecule has 0 amide bonds. The highest BCUT2D eigenvalue weighted by Crippen LogP contribution is 2.34. The number of rotatable bonds is 2. The summed E-state index contributed by atoms with van der Waals surface area (Å²) in [5, 5.41) is 9.30. The molecule has 1 aromatic rings. The highest BCUT2D eigenvalue weighted by molar-refractivity contribution is 9.10. The smallest absolute Gasteiger partial charge is 0.197 e. The fourth-order valence-corrected chi connectivity index (χ4v) is 4.02. The molecule has 96 valence electrons. The third-order valence-corrected chi connectivity index (χ3v) is 6.09. The highest BCUT2D eigenvalue weighted by Gasteiger charge is 2.46. The molecule has 0 bridgehead atoms. The van der Waals surface area contributed by atoms with Crippen molar-refractivity contribution in [3.05, 3.63) is 28.7 Å². The monoisotopic (exact) mass is 329 g/mol. The summed E-state index contributed by atoms with van der Waals surface area (Å²) >= 11 is 3.26. The zero-order chi connectivity index (χ0) is 13.2. The van der Waals surface area contributed by atoms with E-state index in [1.807, 2.05) is 6.07 Å². The molecule has 0 spiro atoms. The summed E-state index contributed by atoms with van der Waals surface area (Å²) in [5.41, 5.74) is 0. The fraction of sp³-hybridized carbons (Fsp3) is 0.417.